The molecule has 0 spiro atoms. The van der Waals surface area contributed by atoms with Gasteiger partial charge < -0.3 is 19.7 Å². The number of nitrogens with zero attached hydrogens (tertiary/aromatic N) is 4. The van der Waals surface area contributed by atoms with E-state index in [0.29, 0.717) is 32.2 Å². The van der Waals surface area contributed by atoms with E-state index in [4.69, 9.17) is 9.47 Å². The van der Waals surface area contributed by atoms with Crippen molar-refractivity contribution in [2.45, 2.75) is 19.8 Å². The maximum atomic E-state index is 11.8. The fraction of sp³-hybridized carbons (Fsp3) is 0.474. The number of nitrogens with one attached hydrogen (secondary N) is 1. The molecule has 0 amide bonds. The fourth-order valence-corrected chi connectivity index (χ4v) is 2.68. The number of aromatic nitrogens is 2. The van der Waals surface area contributed by atoms with E-state index in [1.54, 1.807) is 19.1 Å². The van der Waals surface area contributed by atoms with Gasteiger partial charge in [-0.15, -0.1) is 0 Å². The minimum absolute atomic E-state index is 0.145. The number of methoxy groups -OCH3 is 2. The molecule has 0 aliphatic heterocycles. The summed E-state index contributed by atoms with van der Waals surface area (Å²) in [6, 6.07) is 7.75. The summed E-state index contributed by atoms with van der Waals surface area (Å²) in [7, 11) is 3.16. The van der Waals surface area contributed by atoms with Gasteiger partial charge in [-0.1, -0.05) is 26.0 Å². The molecule has 0 fully saturated rings. The van der Waals surface area contributed by atoms with E-state index in [9.17, 15) is 10.1 Å². The Kier molecular flexibility index (Phi) is 8.09. The minimum atomic E-state index is -0.466. The van der Waals surface area contributed by atoms with Crippen LogP contribution in [-0.4, -0.2) is 55.4 Å². The zero-order valence-electron chi connectivity index (χ0n) is 16.7. The molecule has 152 valence electrons. The van der Waals surface area contributed by atoms with Crippen molar-refractivity contribution in [2.24, 2.45) is 0 Å². The largest absolute Gasteiger partial charge is 0.383 e. The summed E-state index contributed by atoms with van der Waals surface area (Å²) in [5, 5.41) is 14.9. The third-order valence-electron chi connectivity index (χ3n) is 4.26. The van der Waals surface area contributed by atoms with Gasteiger partial charge in [-0.05, 0) is 23.6 Å². The summed E-state index contributed by atoms with van der Waals surface area (Å²) >= 11 is 0. The van der Waals surface area contributed by atoms with Crippen LogP contribution in [-0.2, 0) is 9.47 Å². The predicted octanol–water partition coefficient (Wildman–Crippen LogP) is 3.35. The van der Waals surface area contributed by atoms with Crippen molar-refractivity contribution in [1.82, 2.24) is 9.97 Å². The van der Waals surface area contributed by atoms with Gasteiger partial charge in [-0.2, -0.15) is 0 Å². The molecule has 1 N–H and O–H groups in total. The highest BCUT2D eigenvalue weighted by atomic mass is 16.6. The average molecular weight is 389 g/mol. The van der Waals surface area contributed by atoms with Gasteiger partial charge in [0.25, 0.3) is 0 Å². The van der Waals surface area contributed by atoms with E-state index >= 15 is 0 Å². The molecule has 0 saturated heterocycles. The minimum Gasteiger partial charge on any atom is -0.383 e. The first kappa shape index (κ1) is 21.5. The van der Waals surface area contributed by atoms with Crippen LogP contribution < -0.4 is 10.2 Å². The van der Waals surface area contributed by atoms with Crippen molar-refractivity contribution < 1.29 is 14.4 Å². The Bertz CT molecular complexity index is 759. The van der Waals surface area contributed by atoms with Crippen LogP contribution in [0.4, 0.5) is 23.0 Å². The fourth-order valence-electron chi connectivity index (χ4n) is 2.68. The molecular formula is C19H27N5O4. The van der Waals surface area contributed by atoms with Crippen LogP contribution in [0.25, 0.3) is 0 Å². The molecule has 0 bridgehead atoms. The second-order valence-corrected chi connectivity index (χ2v) is 6.53. The summed E-state index contributed by atoms with van der Waals surface area (Å²) in [6.07, 6.45) is 1.32. The van der Waals surface area contributed by atoms with Crippen molar-refractivity contribution in [3.63, 3.8) is 0 Å². The topological polar surface area (TPSA) is 103 Å². The SMILES string of the molecule is COCCN(CCOC)c1ncnc(Nc2ccc(C(C)C)cc2)c1[N+](=O)[O-]. The smallest absolute Gasteiger partial charge is 0.353 e. The van der Waals surface area contributed by atoms with Gasteiger partial charge in [0.15, 0.2) is 0 Å². The lowest BCUT2D eigenvalue weighted by Crippen LogP contribution is -2.32. The van der Waals surface area contributed by atoms with Gasteiger partial charge in [-0.25, -0.2) is 9.97 Å². The lowest BCUT2D eigenvalue weighted by molar-refractivity contribution is -0.383. The molecule has 0 saturated carbocycles. The van der Waals surface area contributed by atoms with Crippen molar-refractivity contribution in [2.75, 3.05) is 50.7 Å². The highest BCUT2D eigenvalue weighted by Gasteiger charge is 2.27. The maximum Gasteiger partial charge on any atom is 0.353 e. The van der Waals surface area contributed by atoms with E-state index in [1.165, 1.54) is 11.9 Å². The molecule has 2 aromatic rings. The molecule has 1 aromatic carbocycles. The Morgan fingerprint density at radius 2 is 1.71 bits per heavy atom. The lowest BCUT2D eigenvalue weighted by Gasteiger charge is -2.23. The molecule has 0 atom stereocenters. The second kappa shape index (κ2) is 10.5. The first-order chi connectivity index (χ1) is 13.5. The normalized spacial score (nSPS) is 10.9. The highest BCUT2D eigenvalue weighted by Crippen LogP contribution is 2.33. The molecule has 0 unspecified atom stereocenters. The number of anilines is 3. The van der Waals surface area contributed by atoms with Gasteiger partial charge in [0.1, 0.15) is 6.33 Å². The van der Waals surface area contributed by atoms with Crippen LogP contribution in [0, 0.1) is 10.1 Å². The summed E-state index contributed by atoms with van der Waals surface area (Å²) in [5.74, 6) is 0.784. The van der Waals surface area contributed by atoms with Crippen LogP contribution in [0.1, 0.15) is 25.3 Å². The van der Waals surface area contributed by atoms with E-state index in [1.807, 2.05) is 24.3 Å². The Labute approximate surface area is 164 Å². The Morgan fingerprint density at radius 3 is 2.21 bits per heavy atom. The van der Waals surface area contributed by atoms with Gasteiger partial charge in [-0.3, -0.25) is 10.1 Å². The van der Waals surface area contributed by atoms with Gasteiger partial charge in [0.05, 0.1) is 18.1 Å². The molecule has 0 aliphatic rings. The molecule has 9 nitrogen and oxygen atoms in total. The van der Waals surface area contributed by atoms with Crippen LogP contribution in [0.5, 0.6) is 0 Å². The molecule has 0 radical (unpaired) electrons. The van der Waals surface area contributed by atoms with E-state index in [-0.39, 0.29) is 17.3 Å². The highest BCUT2D eigenvalue weighted by molar-refractivity contribution is 5.74. The Hall–Kier alpha value is -2.78. The van der Waals surface area contributed by atoms with E-state index in [2.05, 4.69) is 29.1 Å². The van der Waals surface area contributed by atoms with E-state index in [0.717, 1.165) is 5.69 Å². The second-order valence-electron chi connectivity index (χ2n) is 6.53. The van der Waals surface area contributed by atoms with Crippen LogP contribution >= 0.6 is 0 Å². The molecule has 1 aromatic heterocycles. The number of nitro groups is 1. The molecule has 0 aliphatic carbocycles. The monoisotopic (exact) mass is 389 g/mol. The van der Waals surface area contributed by atoms with E-state index < -0.39 is 4.92 Å². The zero-order chi connectivity index (χ0) is 20.5. The van der Waals surface area contributed by atoms with Gasteiger partial charge in [0, 0.05) is 33.0 Å². The summed E-state index contributed by atoms with van der Waals surface area (Å²) in [6.45, 7) is 5.92. The summed E-state index contributed by atoms with van der Waals surface area (Å²) < 4.78 is 10.2. The first-order valence-electron chi connectivity index (χ1n) is 9.07. The molecule has 1 heterocycles. The Morgan fingerprint density at radius 1 is 1.11 bits per heavy atom. The van der Waals surface area contributed by atoms with Crippen LogP contribution in [0.2, 0.25) is 0 Å². The first-order valence-corrected chi connectivity index (χ1v) is 9.07. The number of ether oxygens (including phenoxy) is 2. The van der Waals surface area contributed by atoms with Gasteiger partial charge in [0.2, 0.25) is 11.6 Å². The molecule has 9 heteroatoms. The molecule has 28 heavy (non-hydrogen) atoms. The molecule has 2 rings (SSSR count). The average Bonchev–Trinajstić information content (AvgIpc) is 2.68. The number of hydrogen-bond donors (Lipinski definition) is 1. The standard InChI is InChI=1S/C19H27N5O4/c1-14(2)15-5-7-16(8-6-15)22-18-17(24(25)26)19(21-13-20-18)23(9-11-27-3)10-12-28-4/h5-8,13-14H,9-12H2,1-4H3,(H,20,21,22). The molecular weight excluding hydrogens is 362 g/mol. The number of benzene rings is 1. The summed E-state index contributed by atoms with van der Waals surface area (Å²) in [4.78, 5) is 21.4. The third kappa shape index (κ3) is 5.61. The zero-order valence-corrected chi connectivity index (χ0v) is 16.7. The summed E-state index contributed by atoms with van der Waals surface area (Å²) in [5.41, 5.74) is 1.73. The lowest BCUT2D eigenvalue weighted by atomic mass is 10.0. The number of hydrogen-bond acceptors (Lipinski definition) is 8. The Balaban J connectivity index is 2.36. The number of rotatable bonds is 11. The van der Waals surface area contributed by atoms with Gasteiger partial charge >= 0.3 is 5.69 Å². The third-order valence-corrected chi connectivity index (χ3v) is 4.26. The van der Waals surface area contributed by atoms with Crippen molar-refractivity contribution in [3.05, 3.63) is 46.3 Å². The maximum absolute atomic E-state index is 11.8. The van der Waals surface area contributed by atoms with Crippen LogP contribution in [0.3, 0.4) is 0 Å². The van der Waals surface area contributed by atoms with Crippen molar-refractivity contribution in [1.29, 1.82) is 0 Å². The van der Waals surface area contributed by atoms with Crippen molar-refractivity contribution in [3.8, 4) is 0 Å². The van der Waals surface area contributed by atoms with Crippen LogP contribution in [0.15, 0.2) is 30.6 Å². The predicted molar refractivity (Wildman–Crippen MR) is 108 cm³/mol. The quantitative estimate of drug-likeness (QED) is 0.461. The van der Waals surface area contributed by atoms with Crippen molar-refractivity contribution >= 4 is 23.0 Å².